The van der Waals surface area contributed by atoms with Gasteiger partial charge in [-0.25, -0.2) is 4.79 Å². The van der Waals surface area contributed by atoms with E-state index in [9.17, 15) is 14.7 Å². The number of nitrogens with one attached hydrogen (secondary N) is 1. The molecule has 0 spiro atoms. The van der Waals surface area contributed by atoms with Crippen molar-refractivity contribution >= 4 is 0 Å². The van der Waals surface area contributed by atoms with Gasteiger partial charge in [0, 0.05) is 0 Å². The van der Waals surface area contributed by atoms with Crippen LogP contribution < -0.4 is 16.0 Å². The third-order valence-electron chi connectivity index (χ3n) is 3.49. The Morgan fingerprint density at radius 3 is 2.46 bits per heavy atom. The number of hydrogen-bond acceptors (Lipinski definition) is 4. The van der Waals surface area contributed by atoms with Crippen molar-refractivity contribution in [2.24, 2.45) is 0 Å². The molecule has 0 aliphatic heterocycles. The molecule has 0 atom stereocenters. The van der Waals surface area contributed by atoms with Crippen molar-refractivity contribution in [3.8, 4) is 11.6 Å². The molecule has 6 nitrogen and oxygen atoms in total. The molecule has 0 aliphatic rings. The van der Waals surface area contributed by atoms with Gasteiger partial charge in [-0.15, -0.1) is 0 Å². The van der Waals surface area contributed by atoms with Gasteiger partial charge in [-0.2, -0.15) is 0 Å². The second-order valence-corrected chi connectivity index (χ2v) is 5.31. The Balaban J connectivity index is 1.76. The van der Waals surface area contributed by atoms with E-state index in [1.165, 1.54) is 0 Å². The number of aromatic hydroxyl groups is 1. The first-order valence-corrected chi connectivity index (χ1v) is 7.40. The molecule has 0 saturated heterocycles. The fraction of sp³-hybridized carbons (Fsp3) is 0.111. The summed E-state index contributed by atoms with van der Waals surface area (Å²) in [7, 11) is 0. The van der Waals surface area contributed by atoms with Crippen molar-refractivity contribution in [3.05, 3.63) is 92.6 Å². The van der Waals surface area contributed by atoms with Gasteiger partial charge in [0.15, 0.2) is 5.88 Å². The van der Waals surface area contributed by atoms with Crippen molar-refractivity contribution in [2.45, 2.75) is 13.2 Å². The van der Waals surface area contributed by atoms with E-state index in [1.54, 1.807) is 18.2 Å². The van der Waals surface area contributed by atoms with E-state index in [4.69, 9.17) is 4.74 Å². The molecule has 3 aromatic rings. The summed E-state index contributed by atoms with van der Waals surface area (Å²) in [6, 6.07) is 17.9. The van der Waals surface area contributed by atoms with Crippen molar-refractivity contribution in [1.29, 1.82) is 0 Å². The van der Waals surface area contributed by atoms with Crippen LogP contribution in [0.5, 0.6) is 11.6 Å². The Morgan fingerprint density at radius 2 is 1.71 bits per heavy atom. The predicted molar refractivity (Wildman–Crippen MR) is 89.3 cm³/mol. The van der Waals surface area contributed by atoms with Gasteiger partial charge in [0.2, 0.25) is 0 Å². The molecule has 0 unspecified atom stereocenters. The monoisotopic (exact) mass is 324 g/mol. The van der Waals surface area contributed by atoms with E-state index in [0.29, 0.717) is 12.4 Å². The number of aromatic amines is 1. The summed E-state index contributed by atoms with van der Waals surface area (Å²) in [5, 5.41) is 9.22. The third-order valence-corrected chi connectivity index (χ3v) is 3.49. The van der Waals surface area contributed by atoms with Gasteiger partial charge >= 0.3 is 5.69 Å². The highest BCUT2D eigenvalue weighted by Crippen LogP contribution is 2.15. The zero-order chi connectivity index (χ0) is 16.9. The lowest BCUT2D eigenvalue weighted by Gasteiger charge is -2.09. The number of rotatable bonds is 5. The van der Waals surface area contributed by atoms with Crippen LogP contribution in [0.2, 0.25) is 0 Å². The number of ether oxygens (including phenoxy) is 1. The predicted octanol–water partition coefficient (Wildman–Crippen LogP) is 1.87. The number of H-pyrrole nitrogens is 1. The SMILES string of the molecule is O=c1cc(O)[nH]c(=O)n1Cc1cccc(OCc2ccccc2)c1. The maximum atomic E-state index is 11.8. The Kier molecular flexibility index (Phi) is 4.47. The highest BCUT2D eigenvalue weighted by molar-refractivity contribution is 5.29. The lowest BCUT2D eigenvalue weighted by Crippen LogP contribution is -2.34. The smallest absolute Gasteiger partial charge is 0.331 e. The van der Waals surface area contributed by atoms with Crippen LogP contribution in [-0.4, -0.2) is 14.7 Å². The molecule has 0 saturated carbocycles. The van der Waals surface area contributed by atoms with Crippen LogP contribution in [0.15, 0.2) is 70.3 Å². The van der Waals surface area contributed by atoms with E-state index in [1.807, 2.05) is 36.4 Å². The average Bonchev–Trinajstić information content (AvgIpc) is 2.58. The molecule has 0 fully saturated rings. The summed E-state index contributed by atoms with van der Waals surface area (Å²) < 4.78 is 6.75. The molecule has 0 amide bonds. The average molecular weight is 324 g/mol. The minimum absolute atomic E-state index is 0.0942. The fourth-order valence-corrected chi connectivity index (χ4v) is 2.31. The first kappa shape index (κ1) is 15.6. The Labute approximate surface area is 137 Å². The Hall–Kier alpha value is -3.28. The second kappa shape index (κ2) is 6.87. The molecule has 2 aromatic carbocycles. The van der Waals surface area contributed by atoms with Gasteiger partial charge in [-0.1, -0.05) is 42.5 Å². The molecule has 1 aromatic heterocycles. The van der Waals surface area contributed by atoms with Crippen LogP contribution in [-0.2, 0) is 13.2 Å². The van der Waals surface area contributed by atoms with Crippen LogP contribution in [0.25, 0.3) is 0 Å². The molecule has 0 radical (unpaired) electrons. The summed E-state index contributed by atoms with van der Waals surface area (Å²) >= 11 is 0. The van der Waals surface area contributed by atoms with Crippen molar-refractivity contribution in [3.63, 3.8) is 0 Å². The highest BCUT2D eigenvalue weighted by atomic mass is 16.5. The van der Waals surface area contributed by atoms with Crippen LogP contribution in [0, 0.1) is 0 Å². The minimum atomic E-state index is -0.657. The minimum Gasteiger partial charge on any atom is -0.494 e. The first-order chi connectivity index (χ1) is 11.6. The Bertz CT molecular complexity index is 914. The molecule has 24 heavy (non-hydrogen) atoms. The summed E-state index contributed by atoms with van der Waals surface area (Å²) in [6.45, 7) is 0.529. The molecule has 3 rings (SSSR count). The number of benzene rings is 2. The van der Waals surface area contributed by atoms with Crippen molar-refractivity contribution in [2.75, 3.05) is 0 Å². The molecular weight excluding hydrogens is 308 g/mol. The van der Waals surface area contributed by atoms with Gasteiger partial charge in [0.1, 0.15) is 12.4 Å². The van der Waals surface area contributed by atoms with E-state index < -0.39 is 17.1 Å². The van der Waals surface area contributed by atoms with Gasteiger partial charge in [-0.05, 0) is 23.3 Å². The largest absolute Gasteiger partial charge is 0.494 e. The Morgan fingerprint density at radius 1 is 0.958 bits per heavy atom. The first-order valence-electron chi connectivity index (χ1n) is 7.40. The maximum Gasteiger partial charge on any atom is 0.331 e. The van der Waals surface area contributed by atoms with Crippen LogP contribution in [0.3, 0.4) is 0 Å². The summed E-state index contributed by atoms with van der Waals surface area (Å²) in [5.74, 6) is 0.209. The summed E-state index contributed by atoms with van der Waals surface area (Å²) in [4.78, 5) is 25.8. The number of hydrogen-bond donors (Lipinski definition) is 2. The summed E-state index contributed by atoms with van der Waals surface area (Å²) in [5.41, 5.74) is 0.579. The topological polar surface area (TPSA) is 84.3 Å². The van der Waals surface area contributed by atoms with Gasteiger partial charge in [-0.3, -0.25) is 14.3 Å². The van der Waals surface area contributed by atoms with Gasteiger partial charge < -0.3 is 9.84 Å². The molecule has 0 bridgehead atoms. The van der Waals surface area contributed by atoms with E-state index in [-0.39, 0.29) is 6.54 Å². The van der Waals surface area contributed by atoms with Gasteiger partial charge in [0.25, 0.3) is 5.56 Å². The molecule has 0 aliphatic carbocycles. The molecule has 6 heteroatoms. The second-order valence-electron chi connectivity index (χ2n) is 5.31. The van der Waals surface area contributed by atoms with Gasteiger partial charge in [0.05, 0.1) is 12.6 Å². The van der Waals surface area contributed by atoms with Crippen LogP contribution in [0.4, 0.5) is 0 Å². The van der Waals surface area contributed by atoms with E-state index in [0.717, 1.165) is 21.8 Å². The standard InChI is InChI=1S/C18H16N2O4/c21-16-10-17(22)20(18(23)19-16)11-14-7-4-8-15(9-14)24-12-13-5-2-1-3-6-13/h1-10,21H,11-12H2,(H,19,23). The molecule has 2 N–H and O–H groups in total. The van der Waals surface area contributed by atoms with Crippen molar-refractivity contribution in [1.82, 2.24) is 9.55 Å². The molecule has 1 heterocycles. The number of aromatic nitrogens is 2. The summed E-state index contributed by atoms with van der Waals surface area (Å²) in [6.07, 6.45) is 0. The third kappa shape index (κ3) is 3.73. The molecule has 122 valence electrons. The van der Waals surface area contributed by atoms with Crippen LogP contribution >= 0.6 is 0 Å². The van der Waals surface area contributed by atoms with Crippen molar-refractivity contribution < 1.29 is 9.84 Å². The fourth-order valence-electron chi connectivity index (χ4n) is 2.31. The highest BCUT2D eigenvalue weighted by Gasteiger charge is 2.06. The van der Waals surface area contributed by atoms with E-state index in [2.05, 4.69) is 4.98 Å². The number of nitrogens with zero attached hydrogens (tertiary/aromatic N) is 1. The van der Waals surface area contributed by atoms with Crippen LogP contribution in [0.1, 0.15) is 11.1 Å². The normalized spacial score (nSPS) is 10.5. The zero-order valence-corrected chi connectivity index (χ0v) is 12.8. The lowest BCUT2D eigenvalue weighted by molar-refractivity contribution is 0.306. The quantitative estimate of drug-likeness (QED) is 0.750. The zero-order valence-electron chi connectivity index (χ0n) is 12.8. The lowest BCUT2D eigenvalue weighted by atomic mass is 10.2. The molecular formula is C18H16N2O4. The van der Waals surface area contributed by atoms with E-state index >= 15 is 0 Å². The maximum absolute atomic E-state index is 11.8.